The summed E-state index contributed by atoms with van der Waals surface area (Å²) in [4.78, 5) is 22.7. The molecular formula is C24H44O4. The fourth-order valence-electron chi connectivity index (χ4n) is 3.09. The second-order valence-corrected chi connectivity index (χ2v) is 7.67. The molecule has 0 aromatic carbocycles. The van der Waals surface area contributed by atoms with E-state index in [1.54, 1.807) is 0 Å². The van der Waals surface area contributed by atoms with E-state index in [0.717, 1.165) is 51.4 Å². The molecule has 0 unspecified atom stereocenters. The standard InChI is InChI=1S/C24H44O4/c1-4-6-8-15-18-23(28-22(3)25)19-16-13-11-9-10-12-14-17-20-24(26)27-21-7-5-2/h13,16,23H,4-12,14-15,17-21H2,1-3H3/b16-13+/t23-/m0/s1. The maximum Gasteiger partial charge on any atom is 0.305 e. The van der Waals surface area contributed by atoms with Gasteiger partial charge in [-0.1, -0.05) is 70.9 Å². The Bertz CT molecular complexity index is 403. The summed E-state index contributed by atoms with van der Waals surface area (Å²) >= 11 is 0. The summed E-state index contributed by atoms with van der Waals surface area (Å²) in [7, 11) is 0. The van der Waals surface area contributed by atoms with Gasteiger partial charge in [-0.05, 0) is 38.5 Å². The number of esters is 2. The molecule has 0 fully saturated rings. The molecule has 0 spiro atoms. The first-order valence-electron chi connectivity index (χ1n) is 11.6. The molecule has 0 aromatic heterocycles. The van der Waals surface area contributed by atoms with Crippen LogP contribution in [0.3, 0.4) is 0 Å². The van der Waals surface area contributed by atoms with E-state index in [9.17, 15) is 9.59 Å². The van der Waals surface area contributed by atoms with Crippen LogP contribution >= 0.6 is 0 Å². The predicted octanol–water partition coefficient (Wildman–Crippen LogP) is 6.91. The first-order chi connectivity index (χ1) is 13.6. The van der Waals surface area contributed by atoms with Crippen LogP contribution in [0.4, 0.5) is 0 Å². The van der Waals surface area contributed by atoms with E-state index in [4.69, 9.17) is 9.47 Å². The Hall–Kier alpha value is -1.32. The maximum absolute atomic E-state index is 11.5. The summed E-state index contributed by atoms with van der Waals surface area (Å²) in [6, 6.07) is 0. The predicted molar refractivity (Wildman–Crippen MR) is 116 cm³/mol. The number of allylic oxidation sites excluding steroid dienone is 1. The molecule has 0 heterocycles. The Labute approximate surface area is 173 Å². The van der Waals surface area contributed by atoms with Crippen LogP contribution in [0, 0.1) is 0 Å². The molecule has 1 atom stereocenters. The Morgan fingerprint density at radius 1 is 0.821 bits per heavy atom. The number of hydrogen-bond acceptors (Lipinski definition) is 4. The highest BCUT2D eigenvalue weighted by atomic mass is 16.5. The normalized spacial score (nSPS) is 12.2. The van der Waals surface area contributed by atoms with E-state index in [-0.39, 0.29) is 18.0 Å². The Morgan fingerprint density at radius 3 is 2.21 bits per heavy atom. The summed E-state index contributed by atoms with van der Waals surface area (Å²) < 4.78 is 10.6. The molecule has 0 aliphatic rings. The van der Waals surface area contributed by atoms with E-state index in [0.29, 0.717) is 13.0 Å². The zero-order valence-electron chi connectivity index (χ0n) is 18.7. The van der Waals surface area contributed by atoms with Crippen LogP contribution in [0.5, 0.6) is 0 Å². The lowest BCUT2D eigenvalue weighted by Gasteiger charge is -2.15. The van der Waals surface area contributed by atoms with Crippen LogP contribution in [0.1, 0.15) is 117 Å². The highest BCUT2D eigenvalue weighted by Gasteiger charge is 2.09. The number of carbonyl (C=O) groups is 2. The van der Waals surface area contributed by atoms with Gasteiger partial charge in [0.25, 0.3) is 0 Å². The van der Waals surface area contributed by atoms with Gasteiger partial charge in [-0.15, -0.1) is 0 Å². The van der Waals surface area contributed by atoms with Crippen LogP contribution in [-0.4, -0.2) is 24.6 Å². The quantitative estimate of drug-likeness (QED) is 0.135. The lowest BCUT2D eigenvalue weighted by molar-refractivity contribution is -0.146. The summed E-state index contributed by atoms with van der Waals surface area (Å²) in [5, 5.41) is 0. The topological polar surface area (TPSA) is 52.6 Å². The highest BCUT2D eigenvalue weighted by molar-refractivity contribution is 5.69. The monoisotopic (exact) mass is 396 g/mol. The largest absolute Gasteiger partial charge is 0.466 e. The average molecular weight is 397 g/mol. The summed E-state index contributed by atoms with van der Waals surface area (Å²) in [6.45, 7) is 6.36. The number of hydrogen-bond donors (Lipinski definition) is 0. The maximum atomic E-state index is 11.5. The third-order valence-corrected chi connectivity index (χ3v) is 4.79. The van der Waals surface area contributed by atoms with Crippen molar-refractivity contribution in [1.29, 1.82) is 0 Å². The van der Waals surface area contributed by atoms with Gasteiger partial charge in [-0.3, -0.25) is 9.59 Å². The Kier molecular flexibility index (Phi) is 19.5. The highest BCUT2D eigenvalue weighted by Crippen LogP contribution is 2.13. The molecule has 0 N–H and O–H groups in total. The molecule has 0 radical (unpaired) electrons. The molecule has 0 saturated carbocycles. The number of unbranched alkanes of at least 4 members (excludes halogenated alkanes) is 9. The van der Waals surface area contributed by atoms with E-state index >= 15 is 0 Å². The number of carbonyl (C=O) groups excluding carboxylic acids is 2. The fourth-order valence-corrected chi connectivity index (χ4v) is 3.09. The molecule has 0 amide bonds. The molecule has 0 saturated heterocycles. The third-order valence-electron chi connectivity index (χ3n) is 4.79. The summed E-state index contributed by atoms with van der Waals surface area (Å²) in [6.07, 6.45) is 20.2. The van der Waals surface area contributed by atoms with Gasteiger partial charge in [-0.25, -0.2) is 0 Å². The summed E-state index contributed by atoms with van der Waals surface area (Å²) in [5.74, 6) is -0.225. The van der Waals surface area contributed by atoms with Crippen molar-refractivity contribution >= 4 is 11.9 Å². The minimum Gasteiger partial charge on any atom is -0.466 e. The minimum atomic E-state index is -0.178. The Balaban J connectivity index is 3.64. The first-order valence-corrected chi connectivity index (χ1v) is 11.6. The zero-order chi connectivity index (χ0) is 20.9. The lowest BCUT2D eigenvalue weighted by atomic mass is 10.1. The van der Waals surface area contributed by atoms with Crippen LogP contribution in [0.25, 0.3) is 0 Å². The SMILES string of the molecule is CCCCCC[C@@H](C/C=C/CCCCCCCC(=O)OCCCC)OC(C)=O. The van der Waals surface area contributed by atoms with Gasteiger partial charge in [0.15, 0.2) is 0 Å². The molecule has 0 aromatic rings. The van der Waals surface area contributed by atoms with Gasteiger partial charge in [0.1, 0.15) is 6.10 Å². The van der Waals surface area contributed by atoms with Crippen molar-refractivity contribution in [2.45, 2.75) is 123 Å². The van der Waals surface area contributed by atoms with E-state index in [1.807, 2.05) is 0 Å². The molecule has 164 valence electrons. The molecule has 28 heavy (non-hydrogen) atoms. The van der Waals surface area contributed by atoms with Gasteiger partial charge in [0.05, 0.1) is 6.61 Å². The molecule has 4 heteroatoms. The van der Waals surface area contributed by atoms with Crippen molar-refractivity contribution in [3.05, 3.63) is 12.2 Å². The molecule has 4 nitrogen and oxygen atoms in total. The Morgan fingerprint density at radius 2 is 1.50 bits per heavy atom. The van der Waals surface area contributed by atoms with Crippen LogP contribution in [0.2, 0.25) is 0 Å². The lowest BCUT2D eigenvalue weighted by Crippen LogP contribution is -2.15. The van der Waals surface area contributed by atoms with Crippen molar-refractivity contribution in [3.8, 4) is 0 Å². The van der Waals surface area contributed by atoms with Crippen molar-refractivity contribution < 1.29 is 19.1 Å². The van der Waals surface area contributed by atoms with Crippen molar-refractivity contribution in [2.75, 3.05) is 6.61 Å². The van der Waals surface area contributed by atoms with Crippen molar-refractivity contribution in [2.24, 2.45) is 0 Å². The zero-order valence-corrected chi connectivity index (χ0v) is 18.7. The second-order valence-electron chi connectivity index (χ2n) is 7.67. The summed E-state index contributed by atoms with van der Waals surface area (Å²) in [5.41, 5.74) is 0. The van der Waals surface area contributed by atoms with Gasteiger partial charge in [0.2, 0.25) is 0 Å². The molecule has 0 bridgehead atoms. The van der Waals surface area contributed by atoms with Gasteiger partial charge in [0, 0.05) is 19.8 Å². The second kappa shape index (κ2) is 20.4. The van der Waals surface area contributed by atoms with Gasteiger partial charge in [-0.2, -0.15) is 0 Å². The van der Waals surface area contributed by atoms with E-state index in [1.165, 1.54) is 45.4 Å². The van der Waals surface area contributed by atoms with E-state index < -0.39 is 0 Å². The minimum absolute atomic E-state index is 0.0303. The van der Waals surface area contributed by atoms with Gasteiger partial charge < -0.3 is 9.47 Å². The molecular weight excluding hydrogens is 352 g/mol. The first kappa shape index (κ1) is 26.7. The molecule has 0 aliphatic heterocycles. The smallest absolute Gasteiger partial charge is 0.305 e. The fraction of sp³-hybridized carbons (Fsp3) is 0.833. The molecule has 0 rings (SSSR count). The van der Waals surface area contributed by atoms with Crippen molar-refractivity contribution in [1.82, 2.24) is 0 Å². The molecule has 0 aliphatic carbocycles. The number of rotatable bonds is 19. The van der Waals surface area contributed by atoms with Crippen LogP contribution in [-0.2, 0) is 19.1 Å². The average Bonchev–Trinajstić information content (AvgIpc) is 2.66. The third kappa shape index (κ3) is 19.4. The van der Waals surface area contributed by atoms with Gasteiger partial charge >= 0.3 is 11.9 Å². The number of ether oxygens (including phenoxy) is 2. The van der Waals surface area contributed by atoms with Crippen LogP contribution in [0.15, 0.2) is 12.2 Å². The van der Waals surface area contributed by atoms with E-state index in [2.05, 4.69) is 26.0 Å². The van der Waals surface area contributed by atoms with Crippen LogP contribution < -0.4 is 0 Å². The van der Waals surface area contributed by atoms with Crippen molar-refractivity contribution in [3.63, 3.8) is 0 Å².